The van der Waals surface area contributed by atoms with Gasteiger partial charge in [-0.05, 0) is 32.3 Å². The van der Waals surface area contributed by atoms with Crippen LogP contribution in [0.4, 0.5) is 0 Å². The van der Waals surface area contributed by atoms with Crippen molar-refractivity contribution in [3.05, 3.63) is 17.5 Å². The first-order valence-corrected chi connectivity index (χ1v) is 6.12. The average Bonchev–Trinajstić information content (AvgIpc) is 2.59. The Balaban J connectivity index is 2.58. The zero-order chi connectivity index (χ0) is 12.1. The van der Waals surface area contributed by atoms with E-state index in [0.717, 1.165) is 30.8 Å². The molecule has 1 aromatic heterocycles. The van der Waals surface area contributed by atoms with Gasteiger partial charge >= 0.3 is 0 Å². The molecule has 16 heavy (non-hydrogen) atoms. The molecule has 90 valence electrons. The van der Waals surface area contributed by atoms with Gasteiger partial charge in [0.05, 0.1) is 5.69 Å². The van der Waals surface area contributed by atoms with Gasteiger partial charge in [0.2, 0.25) is 0 Å². The van der Waals surface area contributed by atoms with Crippen molar-refractivity contribution in [1.29, 1.82) is 0 Å². The molecule has 3 heteroatoms. The first kappa shape index (κ1) is 12.9. The minimum atomic E-state index is 0.225. The highest BCUT2D eigenvalue weighted by atomic mass is 16.1. The second-order valence-corrected chi connectivity index (χ2v) is 4.70. The van der Waals surface area contributed by atoms with Crippen molar-refractivity contribution in [2.75, 3.05) is 0 Å². The fourth-order valence-electron chi connectivity index (χ4n) is 1.81. The van der Waals surface area contributed by atoms with E-state index in [-0.39, 0.29) is 5.78 Å². The molecule has 0 amide bonds. The van der Waals surface area contributed by atoms with E-state index in [4.69, 9.17) is 0 Å². The number of rotatable bonds is 6. The van der Waals surface area contributed by atoms with E-state index >= 15 is 0 Å². The maximum Gasteiger partial charge on any atom is 0.180 e. The number of carbonyl (C=O) groups is 1. The van der Waals surface area contributed by atoms with Gasteiger partial charge in [-0.2, -0.15) is 5.10 Å². The highest BCUT2D eigenvalue weighted by molar-refractivity contribution is 5.94. The van der Waals surface area contributed by atoms with Crippen LogP contribution in [-0.2, 0) is 6.54 Å². The fourth-order valence-corrected chi connectivity index (χ4v) is 1.81. The highest BCUT2D eigenvalue weighted by Gasteiger charge is 2.12. The Bertz CT molecular complexity index is 353. The zero-order valence-electron chi connectivity index (χ0n) is 10.8. The van der Waals surface area contributed by atoms with E-state index in [1.54, 1.807) is 4.68 Å². The quantitative estimate of drug-likeness (QED) is 0.693. The summed E-state index contributed by atoms with van der Waals surface area (Å²) in [6.45, 7) is 9.07. The molecule has 0 aliphatic heterocycles. The SMILES string of the molecule is CCn1nc(C)cc1C(=O)CCCC(C)C. The molecule has 0 aliphatic carbocycles. The summed E-state index contributed by atoms with van der Waals surface area (Å²) in [5.41, 5.74) is 1.69. The lowest BCUT2D eigenvalue weighted by molar-refractivity contribution is 0.0968. The van der Waals surface area contributed by atoms with Gasteiger partial charge in [0.15, 0.2) is 5.78 Å². The molecule has 0 saturated heterocycles. The van der Waals surface area contributed by atoms with Gasteiger partial charge in [-0.15, -0.1) is 0 Å². The number of aryl methyl sites for hydroxylation is 2. The molecule has 0 saturated carbocycles. The minimum absolute atomic E-state index is 0.225. The second-order valence-electron chi connectivity index (χ2n) is 4.70. The van der Waals surface area contributed by atoms with E-state index in [1.807, 2.05) is 19.9 Å². The van der Waals surface area contributed by atoms with Crippen LogP contribution < -0.4 is 0 Å². The number of Topliss-reactive ketones (excluding diaryl/α,β-unsaturated/α-hetero) is 1. The molecule has 0 bridgehead atoms. The second kappa shape index (κ2) is 5.83. The van der Waals surface area contributed by atoms with Crippen LogP contribution in [0.3, 0.4) is 0 Å². The van der Waals surface area contributed by atoms with Crippen LogP contribution in [0.1, 0.15) is 56.2 Å². The Morgan fingerprint density at radius 3 is 2.75 bits per heavy atom. The maximum atomic E-state index is 12.0. The van der Waals surface area contributed by atoms with E-state index in [1.165, 1.54) is 0 Å². The van der Waals surface area contributed by atoms with Crippen LogP contribution in [0, 0.1) is 12.8 Å². The lowest BCUT2D eigenvalue weighted by Gasteiger charge is -2.05. The number of carbonyl (C=O) groups excluding carboxylic acids is 1. The third kappa shape index (κ3) is 3.47. The topological polar surface area (TPSA) is 34.9 Å². The van der Waals surface area contributed by atoms with Crippen molar-refractivity contribution < 1.29 is 4.79 Å². The largest absolute Gasteiger partial charge is 0.292 e. The monoisotopic (exact) mass is 222 g/mol. The molecule has 0 atom stereocenters. The normalized spacial score (nSPS) is 11.1. The Morgan fingerprint density at radius 1 is 1.50 bits per heavy atom. The first-order chi connectivity index (χ1) is 7.54. The molecule has 0 aliphatic rings. The summed E-state index contributed by atoms with van der Waals surface area (Å²) >= 11 is 0. The summed E-state index contributed by atoms with van der Waals surface area (Å²) in [5, 5.41) is 4.29. The average molecular weight is 222 g/mol. The lowest BCUT2D eigenvalue weighted by Crippen LogP contribution is -2.09. The summed E-state index contributed by atoms with van der Waals surface area (Å²) in [6.07, 6.45) is 2.73. The first-order valence-electron chi connectivity index (χ1n) is 6.12. The van der Waals surface area contributed by atoms with Gasteiger partial charge in [-0.25, -0.2) is 0 Å². The smallest absolute Gasteiger partial charge is 0.180 e. The van der Waals surface area contributed by atoms with E-state index in [0.29, 0.717) is 12.3 Å². The lowest BCUT2D eigenvalue weighted by atomic mass is 10.0. The Kier molecular flexibility index (Phi) is 4.71. The fraction of sp³-hybridized carbons (Fsp3) is 0.692. The zero-order valence-corrected chi connectivity index (χ0v) is 10.8. The van der Waals surface area contributed by atoms with E-state index < -0.39 is 0 Å². The Morgan fingerprint density at radius 2 is 2.19 bits per heavy atom. The highest BCUT2D eigenvalue weighted by Crippen LogP contribution is 2.12. The van der Waals surface area contributed by atoms with Gasteiger partial charge in [0, 0.05) is 13.0 Å². The van der Waals surface area contributed by atoms with Crippen LogP contribution in [0.25, 0.3) is 0 Å². The van der Waals surface area contributed by atoms with Crippen LogP contribution in [0.2, 0.25) is 0 Å². The molecular formula is C13H22N2O. The van der Waals surface area contributed by atoms with Crippen LogP contribution in [0.5, 0.6) is 0 Å². The van der Waals surface area contributed by atoms with Crippen molar-refractivity contribution >= 4 is 5.78 Å². The van der Waals surface area contributed by atoms with Crippen molar-refractivity contribution in [2.24, 2.45) is 5.92 Å². The molecule has 0 fully saturated rings. The third-order valence-corrected chi connectivity index (χ3v) is 2.67. The summed E-state index contributed by atoms with van der Waals surface area (Å²) in [5.74, 6) is 0.897. The molecule has 3 nitrogen and oxygen atoms in total. The summed E-state index contributed by atoms with van der Waals surface area (Å²) in [7, 11) is 0. The summed E-state index contributed by atoms with van der Waals surface area (Å²) < 4.78 is 1.80. The molecule has 0 radical (unpaired) electrons. The van der Waals surface area contributed by atoms with Gasteiger partial charge in [-0.3, -0.25) is 9.48 Å². The number of hydrogen-bond acceptors (Lipinski definition) is 2. The van der Waals surface area contributed by atoms with Gasteiger partial charge in [0.25, 0.3) is 0 Å². The van der Waals surface area contributed by atoms with Crippen molar-refractivity contribution in [1.82, 2.24) is 9.78 Å². The predicted octanol–water partition coefficient (Wildman–Crippen LogP) is 3.22. The van der Waals surface area contributed by atoms with Gasteiger partial charge in [0.1, 0.15) is 5.69 Å². The molecule has 1 heterocycles. The number of nitrogens with zero attached hydrogens (tertiary/aromatic N) is 2. The Labute approximate surface area is 97.8 Å². The molecule has 1 rings (SSSR count). The molecule has 0 spiro atoms. The van der Waals surface area contributed by atoms with Crippen LogP contribution >= 0.6 is 0 Å². The van der Waals surface area contributed by atoms with Gasteiger partial charge < -0.3 is 0 Å². The maximum absolute atomic E-state index is 12.0. The van der Waals surface area contributed by atoms with Crippen molar-refractivity contribution in [2.45, 2.75) is 53.5 Å². The van der Waals surface area contributed by atoms with Crippen LogP contribution in [-0.4, -0.2) is 15.6 Å². The molecule has 0 N–H and O–H groups in total. The van der Waals surface area contributed by atoms with Crippen molar-refractivity contribution in [3.63, 3.8) is 0 Å². The van der Waals surface area contributed by atoms with Gasteiger partial charge in [-0.1, -0.05) is 20.3 Å². The molecule has 1 aromatic rings. The number of hydrogen-bond donors (Lipinski definition) is 0. The standard InChI is InChI=1S/C13H22N2O/c1-5-15-12(9-11(4)14-15)13(16)8-6-7-10(2)3/h9-10H,5-8H2,1-4H3. The third-order valence-electron chi connectivity index (χ3n) is 2.67. The van der Waals surface area contributed by atoms with E-state index in [9.17, 15) is 4.79 Å². The Hall–Kier alpha value is -1.12. The predicted molar refractivity (Wildman–Crippen MR) is 65.7 cm³/mol. The molecular weight excluding hydrogens is 200 g/mol. The van der Waals surface area contributed by atoms with Crippen LogP contribution in [0.15, 0.2) is 6.07 Å². The molecule has 0 aromatic carbocycles. The minimum Gasteiger partial charge on any atom is -0.292 e. The van der Waals surface area contributed by atoms with Crippen molar-refractivity contribution in [3.8, 4) is 0 Å². The van der Waals surface area contributed by atoms with E-state index in [2.05, 4.69) is 18.9 Å². The summed E-state index contributed by atoms with van der Waals surface area (Å²) in [4.78, 5) is 12.0. The molecule has 0 unspecified atom stereocenters. The summed E-state index contributed by atoms with van der Waals surface area (Å²) in [6, 6.07) is 1.89. The number of aromatic nitrogens is 2. The number of ketones is 1.